The normalized spacial score (nSPS) is 10.6. The van der Waals surface area contributed by atoms with Crippen LogP contribution in [0.25, 0.3) is 16.7 Å². The van der Waals surface area contributed by atoms with Crippen molar-refractivity contribution in [3.05, 3.63) is 71.4 Å². The molecule has 4 rings (SSSR count). The number of anilines is 1. The van der Waals surface area contributed by atoms with Gasteiger partial charge < -0.3 is 14.8 Å². The van der Waals surface area contributed by atoms with Crippen LogP contribution in [0.5, 0.6) is 11.5 Å². The lowest BCUT2D eigenvalue weighted by atomic mass is 10.1. The van der Waals surface area contributed by atoms with Crippen LogP contribution in [0, 0.1) is 25.2 Å². The zero-order valence-electron chi connectivity index (χ0n) is 17.9. The Morgan fingerprint density at radius 2 is 1.97 bits per heavy atom. The maximum Gasteiger partial charge on any atom is 0.263 e. The van der Waals surface area contributed by atoms with Crippen molar-refractivity contribution in [1.29, 1.82) is 5.26 Å². The number of pyridine rings is 1. The number of hydrogen-bond donors (Lipinski definition) is 1. The van der Waals surface area contributed by atoms with Crippen molar-refractivity contribution < 1.29 is 14.3 Å². The van der Waals surface area contributed by atoms with Crippen LogP contribution < -0.4 is 14.8 Å². The molecule has 2 aromatic heterocycles. The second-order valence-corrected chi connectivity index (χ2v) is 7.23. The number of carbonyl (C=O) groups is 1. The summed E-state index contributed by atoms with van der Waals surface area (Å²) < 4.78 is 12.4. The Labute approximate surface area is 185 Å². The minimum atomic E-state index is -0.418. The molecule has 8 heteroatoms. The number of hydrogen-bond acceptors (Lipinski definition) is 6. The fourth-order valence-electron chi connectivity index (χ4n) is 3.32. The lowest BCUT2D eigenvalue weighted by Crippen LogP contribution is -2.22. The maximum atomic E-state index is 12.6. The maximum absolute atomic E-state index is 12.6. The number of nitrogens with zero attached hydrogens (tertiary/aromatic N) is 4. The number of nitriles is 1. The van der Waals surface area contributed by atoms with Gasteiger partial charge in [-0.1, -0.05) is 29.8 Å². The molecule has 0 aliphatic carbocycles. The Morgan fingerprint density at radius 3 is 2.69 bits per heavy atom. The summed E-state index contributed by atoms with van der Waals surface area (Å²) in [5.74, 6) is 1.47. The molecular weight excluding hydrogens is 406 g/mol. The fourth-order valence-corrected chi connectivity index (χ4v) is 3.32. The highest BCUT2D eigenvalue weighted by Gasteiger charge is 2.18. The van der Waals surface area contributed by atoms with E-state index in [0.717, 1.165) is 16.5 Å². The summed E-state index contributed by atoms with van der Waals surface area (Å²) in [4.78, 5) is 17.2. The van der Waals surface area contributed by atoms with Gasteiger partial charge in [-0.25, -0.2) is 4.98 Å². The smallest absolute Gasteiger partial charge is 0.263 e. The molecule has 0 fully saturated rings. The topological polar surface area (TPSA) is 102 Å². The fraction of sp³-hybridized carbons (Fsp3) is 0.167. The van der Waals surface area contributed by atoms with Crippen LogP contribution in [-0.4, -0.2) is 34.4 Å². The van der Waals surface area contributed by atoms with Gasteiger partial charge >= 0.3 is 0 Å². The molecule has 4 aromatic rings. The molecule has 0 radical (unpaired) electrons. The first-order chi connectivity index (χ1) is 15.5. The van der Waals surface area contributed by atoms with E-state index in [1.54, 1.807) is 19.2 Å². The Kier molecular flexibility index (Phi) is 5.73. The predicted octanol–water partition coefficient (Wildman–Crippen LogP) is 3.94. The van der Waals surface area contributed by atoms with Gasteiger partial charge in [-0.05, 0) is 43.7 Å². The highest BCUT2D eigenvalue weighted by atomic mass is 16.5. The van der Waals surface area contributed by atoms with Crippen LogP contribution in [0.2, 0.25) is 0 Å². The molecule has 2 heterocycles. The molecule has 1 amide bonds. The number of ether oxygens (including phenoxy) is 2. The van der Waals surface area contributed by atoms with Crippen molar-refractivity contribution in [3.8, 4) is 23.4 Å². The first-order valence-corrected chi connectivity index (χ1v) is 9.92. The average Bonchev–Trinajstić information content (AvgIpc) is 3.20. The number of para-hydroxylation sites is 1. The van der Waals surface area contributed by atoms with Crippen LogP contribution >= 0.6 is 0 Å². The number of amides is 1. The number of aromatic nitrogens is 3. The van der Waals surface area contributed by atoms with E-state index in [2.05, 4.69) is 21.5 Å². The van der Waals surface area contributed by atoms with E-state index < -0.39 is 5.91 Å². The first-order valence-electron chi connectivity index (χ1n) is 9.92. The summed E-state index contributed by atoms with van der Waals surface area (Å²) in [6.45, 7) is 3.71. The van der Waals surface area contributed by atoms with Gasteiger partial charge in [-0.15, -0.1) is 0 Å². The number of nitrogens with one attached hydrogen (secondary N) is 1. The molecular formula is C24H21N5O3. The van der Waals surface area contributed by atoms with Crippen LogP contribution in [0.1, 0.15) is 16.7 Å². The molecule has 0 saturated heterocycles. The van der Waals surface area contributed by atoms with E-state index in [-0.39, 0.29) is 18.0 Å². The monoisotopic (exact) mass is 427 g/mol. The van der Waals surface area contributed by atoms with Crippen molar-refractivity contribution in [1.82, 2.24) is 14.8 Å². The molecule has 0 spiro atoms. The van der Waals surface area contributed by atoms with E-state index in [1.165, 1.54) is 10.9 Å². The van der Waals surface area contributed by atoms with Crippen molar-refractivity contribution in [2.45, 2.75) is 13.8 Å². The summed E-state index contributed by atoms with van der Waals surface area (Å²) in [5.41, 5.74) is 2.93. The number of carbonyl (C=O) groups excluding carboxylic acids is 1. The Balaban J connectivity index is 1.64. The lowest BCUT2D eigenvalue weighted by molar-refractivity contribution is -0.118. The quantitative estimate of drug-likeness (QED) is 0.500. The summed E-state index contributed by atoms with van der Waals surface area (Å²) in [7, 11) is 1.58. The molecule has 8 nitrogen and oxygen atoms in total. The minimum absolute atomic E-state index is 0.211. The molecule has 1 N–H and O–H groups in total. The van der Waals surface area contributed by atoms with Crippen molar-refractivity contribution in [3.63, 3.8) is 0 Å². The molecule has 0 unspecified atom stereocenters. The number of methoxy groups -OCH3 is 1. The van der Waals surface area contributed by atoms with Gasteiger partial charge in [0.1, 0.15) is 28.6 Å². The number of benzene rings is 2. The van der Waals surface area contributed by atoms with Gasteiger partial charge in [0, 0.05) is 5.39 Å². The molecule has 0 saturated carbocycles. The standard InChI is InChI=1S/C24H21N5O3/c1-15-7-9-18(10-8-15)32-14-22(30)28-24-17(12-25)13-26-29(24)21-11-16(2)19-5-4-6-20(31-3)23(19)27-21/h4-11,13H,14H2,1-3H3,(H,28,30). The van der Waals surface area contributed by atoms with Crippen LogP contribution in [0.15, 0.2) is 54.7 Å². The second kappa shape index (κ2) is 8.78. The highest BCUT2D eigenvalue weighted by Crippen LogP contribution is 2.29. The Bertz CT molecular complexity index is 1340. The third kappa shape index (κ3) is 4.09. The van der Waals surface area contributed by atoms with Gasteiger partial charge in [-0.3, -0.25) is 4.79 Å². The molecule has 0 atom stereocenters. The van der Waals surface area contributed by atoms with Crippen LogP contribution in [-0.2, 0) is 4.79 Å². The molecule has 0 aliphatic heterocycles. The summed E-state index contributed by atoms with van der Waals surface area (Å²) in [5, 5.41) is 17.5. The minimum Gasteiger partial charge on any atom is -0.494 e. The number of fused-ring (bicyclic) bond motifs is 1. The first kappa shape index (κ1) is 20.9. The van der Waals surface area contributed by atoms with Crippen molar-refractivity contribution in [2.75, 3.05) is 19.0 Å². The molecule has 0 aliphatic rings. The molecule has 0 bridgehead atoms. The molecule has 32 heavy (non-hydrogen) atoms. The Hall–Kier alpha value is -4.38. The van der Waals surface area contributed by atoms with Gasteiger partial charge in [0.2, 0.25) is 0 Å². The third-order valence-electron chi connectivity index (χ3n) is 4.97. The zero-order valence-corrected chi connectivity index (χ0v) is 17.9. The van der Waals surface area contributed by atoms with Gasteiger partial charge in [0.05, 0.1) is 13.3 Å². The summed E-state index contributed by atoms with van der Waals surface area (Å²) in [6, 6.07) is 17.0. The third-order valence-corrected chi connectivity index (χ3v) is 4.97. The number of aryl methyl sites for hydroxylation is 2. The largest absolute Gasteiger partial charge is 0.494 e. The van der Waals surface area contributed by atoms with Crippen LogP contribution in [0.3, 0.4) is 0 Å². The van der Waals surface area contributed by atoms with E-state index in [9.17, 15) is 10.1 Å². The van der Waals surface area contributed by atoms with E-state index in [4.69, 9.17) is 9.47 Å². The van der Waals surface area contributed by atoms with Gasteiger partial charge in [-0.2, -0.15) is 15.0 Å². The van der Waals surface area contributed by atoms with E-state index in [0.29, 0.717) is 22.8 Å². The number of rotatable bonds is 6. The summed E-state index contributed by atoms with van der Waals surface area (Å²) >= 11 is 0. The summed E-state index contributed by atoms with van der Waals surface area (Å²) in [6.07, 6.45) is 1.39. The lowest BCUT2D eigenvalue weighted by Gasteiger charge is -2.13. The average molecular weight is 427 g/mol. The Morgan fingerprint density at radius 1 is 1.19 bits per heavy atom. The highest BCUT2D eigenvalue weighted by molar-refractivity contribution is 5.93. The van der Waals surface area contributed by atoms with E-state index >= 15 is 0 Å². The van der Waals surface area contributed by atoms with Crippen molar-refractivity contribution >= 4 is 22.6 Å². The second-order valence-electron chi connectivity index (χ2n) is 7.23. The molecule has 160 valence electrons. The molecule has 2 aromatic carbocycles. The van der Waals surface area contributed by atoms with E-state index in [1.807, 2.05) is 50.2 Å². The predicted molar refractivity (Wildman–Crippen MR) is 120 cm³/mol. The van der Waals surface area contributed by atoms with Gasteiger partial charge in [0.25, 0.3) is 5.91 Å². The van der Waals surface area contributed by atoms with Gasteiger partial charge in [0.15, 0.2) is 18.2 Å². The zero-order chi connectivity index (χ0) is 22.7. The van der Waals surface area contributed by atoms with Crippen molar-refractivity contribution in [2.24, 2.45) is 0 Å². The SMILES string of the molecule is COc1cccc2c(C)cc(-n3ncc(C#N)c3NC(=O)COc3ccc(C)cc3)nc12. The van der Waals surface area contributed by atoms with Crippen LogP contribution in [0.4, 0.5) is 5.82 Å².